The van der Waals surface area contributed by atoms with E-state index in [1.807, 2.05) is 36.4 Å². The first-order valence-corrected chi connectivity index (χ1v) is 16.4. The lowest BCUT2D eigenvalue weighted by Gasteiger charge is -2.25. The highest BCUT2D eigenvalue weighted by Crippen LogP contribution is 2.41. The predicted molar refractivity (Wildman–Crippen MR) is 197 cm³/mol. The van der Waals surface area contributed by atoms with Gasteiger partial charge in [0.2, 0.25) is 0 Å². The summed E-state index contributed by atoms with van der Waals surface area (Å²) in [4.78, 5) is 15.9. The molecule has 5 aromatic rings. The normalized spacial score (nSPS) is 14.7. The van der Waals surface area contributed by atoms with Crippen molar-refractivity contribution in [2.45, 2.75) is 20.3 Å². The van der Waals surface area contributed by atoms with Crippen LogP contribution >= 0.6 is 11.3 Å². The van der Waals surface area contributed by atoms with Crippen molar-refractivity contribution >= 4 is 58.2 Å². The monoisotopic (exact) mass is 630 g/mol. The molecule has 47 heavy (non-hydrogen) atoms. The van der Waals surface area contributed by atoms with Gasteiger partial charge in [-0.3, -0.25) is 0 Å². The maximum Gasteiger partial charge on any atom is 0.346 e. The smallest absolute Gasteiger partial charge is 0.346 e. The van der Waals surface area contributed by atoms with Crippen molar-refractivity contribution in [1.82, 2.24) is 0 Å². The van der Waals surface area contributed by atoms with Gasteiger partial charge < -0.3 is 10.0 Å². The molecule has 0 bridgehead atoms. The molecule has 5 heteroatoms. The maximum atomic E-state index is 11.3. The van der Waals surface area contributed by atoms with Gasteiger partial charge in [0.15, 0.2) is 0 Å². The van der Waals surface area contributed by atoms with Gasteiger partial charge in [-0.05, 0) is 102 Å². The number of thiophene rings is 1. The van der Waals surface area contributed by atoms with Gasteiger partial charge in [-0.15, -0.1) is 11.3 Å². The molecule has 1 atom stereocenters. The second-order valence-corrected chi connectivity index (χ2v) is 12.7. The summed E-state index contributed by atoms with van der Waals surface area (Å²) in [6.07, 6.45) is 11.2. The third-order valence-electron chi connectivity index (χ3n) is 8.42. The van der Waals surface area contributed by atoms with Crippen LogP contribution < -0.4 is 4.90 Å². The average Bonchev–Trinajstić information content (AvgIpc) is 3.53. The molecule has 0 aliphatic heterocycles. The molecule has 0 fully saturated rings. The number of aliphatic carboxylic acids is 1. The summed E-state index contributed by atoms with van der Waals surface area (Å²) < 4.78 is 0. The Labute approximate surface area is 280 Å². The van der Waals surface area contributed by atoms with Gasteiger partial charge in [0.1, 0.15) is 11.6 Å². The minimum Gasteiger partial charge on any atom is -0.477 e. The third kappa shape index (κ3) is 7.25. The summed E-state index contributed by atoms with van der Waals surface area (Å²) in [5, 5.41) is 18.3. The Morgan fingerprint density at radius 2 is 1.43 bits per heavy atom. The van der Waals surface area contributed by atoms with E-state index in [1.165, 1.54) is 27.7 Å². The molecule has 0 amide bonds. The van der Waals surface area contributed by atoms with Crippen molar-refractivity contribution in [3.63, 3.8) is 0 Å². The van der Waals surface area contributed by atoms with E-state index >= 15 is 0 Å². The van der Waals surface area contributed by atoms with E-state index in [0.29, 0.717) is 11.5 Å². The Morgan fingerprint density at radius 1 is 0.830 bits per heavy atom. The van der Waals surface area contributed by atoms with Gasteiger partial charge in [0.25, 0.3) is 0 Å². The Bertz CT molecular complexity index is 2000. The third-order valence-corrected chi connectivity index (χ3v) is 9.57. The van der Waals surface area contributed by atoms with Gasteiger partial charge in [-0.25, -0.2) is 4.79 Å². The number of para-hydroxylation sites is 2. The zero-order valence-corrected chi connectivity index (χ0v) is 27.1. The summed E-state index contributed by atoms with van der Waals surface area (Å²) in [7, 11) is 0. The second kappa shape index (κ2) is 14.2. The fourth-order valence-corrected chi connectivity index (χ4v) is 6.74. The summed E-state index contributed by atoms with van der Waals surface area (Å²) >= 11 is 1.74. The van der Waals surface area contributed by atoms with Crippen molar-refractivity contribution in [3.05, 3.63) is 160 Å². The van der Waals surface area contributed by atoms with Crippen LogP contribution in [0.15, 0.2) is 139 Å². The molecule has 1 heterocycles. The van der Waals surface area contributed by atoms with E-state index in [9.17, 15) is 9.90 Å². The van der Waals surface area contributed by atoms with Crippen LogP contribution in [0.2, 0.25) is 0 Å². The molecule has 0 saturated heterocycles. The Balaban J connectivity index is 1.32. The van der Waals surface area contributed by atoms with Crippen LogP contribution in [0.5, 0.6) is 0 Å². The molecule has 1 aliphatic rings. The molecular weight excluding hydrogens is 597 g/mol. The van der Waals surface area contributed by atoms with E-state index < -0.39 is 5.97 Å². The Kier molecular flexibility index (Phi) is 9.43. The zero-order valence-electron chi connectivity index (χ0n) is 26.3. The molecule has 0 saturated carbocycles. The number of rotatable bonds is 9. The highest BCUT2D eigenvalue weighted by molar-refractivity contribution is 7.16. The van der Waals surface area contributed by atoms with E-state index in [4.69, 9.17) is 5.26 Å². The fraction of sp³-hybridized carbons (Fsp3) is 0.0952. The summed E-state index contributed by atoms with van der Waals surface area (Å²) in [6, 6.07) is 41.1. The van der Waals surface area contributed by atoms with Crippen molar-refractivity contribution in [2.75, 3.05) is 4.90 Å². The van der Waals surface area contributed by atoms with Gasteiger partial charge in [0.05, 0.1) is 0 Å². The standard InChI is InChI=1S/C42H34N2O2S/c1-29-13-19-34(25-30(29)2)39-27-41(33-20-14-32(15-21-33)26-35(28-43)42(45)46)47-40(39)24-18-31-16-22-38(23-17-31)44(36-9-5-3-6-10-36)37-11-7-4-8-12-37/h3-24,26-27,30H,25H2,1-2H3,(H,45,46)/b24-18+,35-26+. The minimum atomic E-state index is -1.23. The molecular formula is C42H34N2O2S. The van der Waals surface area contributed by atoms with E-state index in [0.717, 1.165) is 39.5 Å². The first-order chi connectivity index (χ1) is 22.9. The van der Waals surface area contributed by atoms with Crippen LogP contribution in [0, 0.1) is 17.2 Å². The molecule has 1 aliphatic carbocycles. The number of carboxylic acids is 1. The van der Waals surface area contributed by atoms with Crippen molar-refractivity contribution < 1.29 is 9.90 Å². The molecule has 1 unspecified atom stereocenters. The Hall–Kier alpha value is -5.70. The number of hydrogen-bond acceptors (Lipinski definition) is 4. The molecule has 4 nitrogen and oxygen atoms in total. The highest BCUT2D eigenvalue weighted by Gasteiger charge is 2.18. The molecule has 0 spiro atoms. The van der Waals surface area contributed by atoms with Crippen LogP contribution in [-0.4, -0.2) is 11.1 Å². The SMILES string of the molecule is CC1=CC=C(c2cc(-c3ccc(/C=C(\C#N)C(=O)O)cc3)sc2/C=C/c2ccc(N(c3ccccc3)c3ccccc3)cc2)CC1C. The number of nitriles is 1. The van der Waals surface area contributed by atoms with Crippen molar-refractivity contribution in [3.8, 4) is 16.5 Å². The van der Waals surface area contributed by atoms with Crippen LogP contribution in [-0.2, 0) is 4.79 Å². The molecule has 4 aromatic carbocycles. The lowest BCUT2D eigenvalue weighted by Crippen LogP contribution is -2.09. The number of carboxylic acid groups (broad SMARTS) is 1. The number of allylic oxidation sites excluding steroid dienone is 4. The molecule has 1 N–H and O–H groups in total. The van der Waals surface area contributed by atoms with Gasteiger partial charge in [-0.2, -0.15) is 5.26 Å². The lowest BCUT2D eigenvalue weighted by molar-refractivity contribution is -0.132. The topological polar surface area (TPSA) is 64.3 Å². The number of carbonyl (C=O) groups is 1. The van der Waals surface area contributed by atoms with Crippen LogP contribution in [0.4, 0.5) is 17.1 Å². The summed E-state index contributed by atoms with van der Waals surface area (Å²) in [6.45, 7) is 4.46. The average molecular weight is 631 g/mol. The van der Waals surface area contributed by atoms with Crippen LogP contribution in [0.25, 0.3) is 34.2 Å². The fourth-order valence-electron chi connectivity index (χ4n) is 5.64. The number of hydrogen-bond donors (Lipinski definition) is 1. The largest absolute Gasteiger partial charge is 0.477 e. The molecule has 230 valence electrons. The number of nitrogens with zero attached hydrogens (tertiary/aromatic N) is 2. The van der Waals surface area contributed by atoms with Crippen molar-refractivity contribution in [2.24, 2.45) is 5.92 Å². The molecule has 1 aromatic heterocycles. The Morgan fingerprint density at radius 3 is 2.00 bits per heavy atom. The highest BCUT2D eigenvalue weighted by atomic mass is 32.1. The predicted octanol–water partition coefficient (Wildman–Crippen LogP) is 11.4. The maximum absolute atomic E-state index is 11.3. The van der Waals surface area contributed by atoms with Gasteiger partial charge in [-0.1, -0.05) is 104 Å². The van der Waals surface area contributed by atoms with E-state index in [-0.39, 0.29) is 5.57 Å². The lowest BCUT2D eigenvalue weighted by atomic mass is 9.86. The molecule has 0 radical (unpaired) electrons. The van der Waals surface area contributed by atoms with Gasteiger partial charge in [0, 0.05) is 26.8 Å². The van der Waals surface area contributed by atoms with Gasteiger partial charge >= 0.3 is 5.97 Å². The summed E-state index contributed by atoms with van der Waals surface area (Å²) in [5.41, 5.74) is 9.79. The van der Waals surface area contributed by atoms with E-state index in [2.05, 4.69) is 122 Å². The first-order valence-electron chi connectivity index (χ1n) is 15.5. The van der Waals surface area contributed by atoms with Crippen molar-refractivity contribution in [1.29, 1.82) is 5.26 Å². The quantitative estimate of drug-likeness (QED) is 0.130. The zero-order chi connectivity index (χ0) is 32.8. The summed E-state index contributed by atoms with van der Waals surface area (Å²) in [5.74, 6) is -0.746. The number of anilines is 3. The van der Waals surface area contributed by atoms with Crippen LogP contribution in [0.3, 0.4) is 0 Å². The first kappa shape index (κ1) is 31.3. The van der Waals surface area contributed by atoms with E-state index in [1.54, 1.807) is 17.4 Å². The number of benzene rings is 4. The van der Waals surface area contributed by atoms with Crippen LogP contribution in [0.1, 0.15) is 41.8 Å². The minimum absolute atomic E-state index is 0.286. The second-order valence-electron chi connectivity index (χ2n) is 11.6. The molecule has 6 rings (SSSR count).